The molecule has 0 amide bonds. The van der Waals surface area contributed by atoms with Gasteiger partial charge in [0.15, 0.2) is 0 Å². The summed E-state index contributed by atoms with van der Waals surface area (Å²) in [6, 6.07) is 21.8. The van der Waals surface area contributed by atoms with Crippen LogP contribution in [0.3, 0.4) is 0 Å². The van der Waals surface area contributed by atoms with Crippen LogP contribution in [0, 0.1) is 5.92 Å². The molecule has 0 aliphatic carbocycles. The molecule has 0 unspecified atom stereocenters. The fourth-order valence-corrected chi connectivity index (χ4v) is 6.15. The molecule has 2 aromatic carbocycles. The van der Waals surface area contributed by atoms with Crippen LogP contribution in [0.5, 0.6) is 0 Å². The van der Waals surface area contributed by atoms with Crippen molar-refractivity contribution in [1.82, 2.24) is 14.8 Å². The van der Waals surface area contributed by atoms with Gasteiger partial charge in [-0.3, -0.25) is 9.80 Å². The zero-order valence-corrected chi connectivity index (χ0v) is 15.7. The maximum atomic E-state index is 3.32. The van der Waals surface area contributed by atoms with Gasteiger partial charge in [-0.1, -0.05) is 36.4 Å². The molecule has 0 spiro atoms. The SMILES string of the molecule is c1ccc([C@H]2CN(Cc3ccc4[nH]ccc4c3)[C@H]3C4CCN(CC4)[C@@H]23)cc1. The van der Waals surface area contributed by atoms with Gasteiger partial charge in [-0.2, -0.15) is 0 Å². The second-order valence-corrected chi connectivity index (χ2v) is 8.70. The maximum Gasteiger partial charge on any atom is 0.0454 e. The number of aromatic amines is 1. The number of benzene rings is 2. The number of hydrogen-bond donors (Lipinski definition) is 1. The van der Waals surface area contributed by atoms with Crippen molar-refractivity contribution in [2.75, 3.05) is 19.6 Å². The number of piperidine rings is 3. The van der Waals surface area contributed by atoms with E-state index in [1.807, 2.05) is 6.20 Å². The molecule has 3 heteroatoms. The summed E-state index contributed by atoms with van der Waals surface area (Å²) in [5.41, 5.74) is 4.22. The molecule has 7 rings (SSSR count). The Balaban J connectivity index is 1.34. The number of fused-ring (bicyclic) bond motifs is 3. The van der Waals surface area contributed by atoms with Crippen molar-refractivity contribution in [3.63, 3.8) is 0 Å². The summed E-state index contributed by atoms with van der Waals surface area (Å²) in [5.74, 6) is 1.53. The zero-order valence-electron chi connectivity index (χ0n) is 15.7. The second kappa shape index (κ2) is 6.22. The third-order valence-electron chi connectivity index (χ3n) is 7.32. The molecular formula is C24H27N3. The van der Waals surface area contributed by atoms with Gasteiger partial charge in [-0.15, -0.1) is 0 Å². The highest BCUT2D eigenvalue weighted by Gasteiger charge is 2.52. The lowest BCUT2D eigenvalue weighted by Gasteiger charge is -2.51. The minimum absolute atomic E-state index is 0.648. The first kappa shape index (κ1) is 15.9. The summed E-state index contributed by atoms with van der Waals surface area (Å²) in [7, 11) is 0. The highest BCUT2D eigenvalue weighted by Crippen LogP contribution is 2.46. The largest absolute Gasteiger partial charge is 0.361 e. The van der Waals surface area contributed by atoms with E-state index in [0.717, 1.165) is 18.5 Å². The monoisotopic (exact) mass is 357 g/mol. The van der Waals surface area contributed by atoms with E-state index in [9.17, 15) is 0 Å². The Morgan fingerprint density at radius 1 is 0.926 bits per heavy atom. The molecule has 27 heavy (non-hydrogen) atoms. The Morgan fingerprint density at radius 3 is 2.63 bits per heavy atom. The van der Waals surface area contributed by atoms with Crippen LogP contribution in [0.2, 0.25) is 0 Å². The van der Waals surface area contributed by atoms with E-state index in [-0.39, 0.29) is 0 Å². The molecular weight excluding hydrogens is 330 g/mol. The summed E-state index contributed by atoms with van der Waals surface area (Å²) >= 11 is 0. The minimum atomic E-state index is 0.648. The molecule has 4 saturated heterocycles. The van der Waals surface area contributed by atoms with Gasteiger partial charge < -0.3 is 4.98 Å². The van der Waals surface area contributed by atoms with Gasteiger partial charge in [0.25, 0.3) is 0 Å². The molecule has 4 aliphatic rings. The van der Waals surface area contributed by atoms with Crippen LogP contribution in [0.15, 0.2) is 60.8 Å². The molecule has 3 atom stereocenters. The van der Waals surface area contributed by atoms with Crippen molar-refractivity contribution in [1.29, 1.82) is 0 Å². The average molecular weight is 358 g/mol. The molecule has 0 saturated carbocycles. The maximum absolute atomic E-state index is 3.32. The van der Waals surface area contributed by atoms with Gasteiger partial charge in [-0.05, 0) is 66.6 Å². The first-order chi connectivity index (χ1) is 13.4. The highest BCUT2D eigenvalue weighted by atomic mass is 15.3. The molecule has 1 aromatic heterocycles. The van der Waals surface area contributed by atoms with Gasteiger partial charge in [0, 0.05) is 42.8 Å². The van der Waals surface area contributed by atoms with Gasteiger partial charge in [0.1, 0.15) is 0 Å². The summed E-state index contributed by atoms with van der Waals surface area (Å²) in [5, 5.41) is 1.33. The van der Waals surface area contributed by atoms with Crippen LogP contribution in [-0.4, -0.2) is 46.5 Å². The van der Waals surface area contributed by atoms with Crippen molar-refractivity contribution >= 4 is 10.9 Å². The first-order valence-electron chi connectivity index (χ1n) is 10.5. The molecule has 0 radical (unpaired) electrons. The van der Waals surface area contributed by atoms with Crippen molar-refractivity contribution in [2.45, 2.75) is 37.4 Å². The summed E-state index contributed by atoms with van der Waals surface area (Å²) in [6.07, 6.45) is 4.81. The molecule has 3 aromatic rings. The van der Waals surface area contributed by atoms with E-state index >= 15 is 0 Å². The standard InChI is InChI=1S/C24H27N3/c1-2-4-18(5-3-1)21-16-27(23-19-9-12-26(13-10-19)24(21)23)15-17-6-7-22-20(14-17)8-11-25-22/h1-8,11,14,19,21,23-25H,9-10,12-13,15-16H2/t21-,23+,24+/m1/s1. The lowest BCUT2D eigenvalue weighted by molar-refractivity contribution is -0.00868. The van der Waals surface area contributed by atoms with E-state index in [4.69, 9.17) is 0 Å². The third-order valence-corrected chi connectivity index (χ3v) is 7.32. The van der Waals surface area contributed by atoms with Crippen LogP contribution >= 0.6 is 0 Å². The summed E-state index contributed by atoms with van der Waals surface area (Å²) < 4.78 is 0. The number of nitrogens with zero attached hydrogens (tertiary/aromatic N) is 2. The molecule has 4 fully saturated rings. The minimum Gasteiger partial charge on any atom is -0.361 e. The van der Waals surface area contributed by atoms with Crippen molar-refractivity contribution < 1.29 is 0 Å². The predicted molar refractivity (Wildman–Crippen MR) is 110 cm³/mol. The quantitative estimate of drug-likeness (QED) is 0.758. The smallest absolute Gasteiger partial charge is 0.0454 e. The van der Waals surface area contributed by atoms with E-state index in [0.29, 0.717) is 12.0 Å². The normalized spacial score (nSPS) is 32.8. The molecule has 5 heterocycles. The van der Waals surface area contributed by atoms with Gasteiger partial charge in [0.05, 0.1) is 0 Å². The lowest BCUT2D eigenvalue weighted by atomic mass is 9.75. The Labute approximate surface area is 161 Å². The highest BCUT2D eigenvalue weighted by molar-refractivity contribution is 5.79. The first-order valence-corrected chi connectivity index (χ1v) is 10.5. The predicted octanol–water partition coefficient (Wildman–Crippen LogP) is 4.23. The van der Waals surface area contributed by atoms with Gasteiger partial charge in [-0.25, -0.2) is 0 Å². The molecule has 138 valence electrons. The van der Waals surface area contributed by atoms with Crippen molar-refractivity contribution in [3.05, 3.63) is 71.9 Å². The van der Waals surface area contributed by atoms with Crippen LogP contribution in [0.1, 0.15) is 29.9 Å². The van der Waals surface area contributed by atoms with Crippen LogP contribution < -0.4 is 0 Å². The third kappa shape index (κ3) is 2.56. The van der Waals surface area contributed by atoms with E-state index in [1.165, 1.54) is 54.5 Å². The topological polar surface area (TPSA) is 22.3 Å². The number of nitrogens with one attached hydrogen (secondary N) is 1. The lowest BCUT2D eigenvalue weighted by Crippen LogP contribution is -2.59. The van der Waals surface area contributed by atoms with E-state index in [2.05, 4.69) is 69.4 Å². The number of likely N-dealkylation sites (tertiary alicyclic amines) is 1. The Kier molecular flexibility index (Phi) is 3.66. The molecule has 2 bridgehead atoms. The number of hydrogen-bond acceptors (Lipinski definition) is 2. The fraction of sp³-hybridized carbons (Fsp3) is 0.417. The average Bonchev–Trinajstić information content (AvgIpc) is 3.35. The van der Waals surface area contributed by atoms with E-state index < -0.39 is 0 Å². The summed E-state index contributed by atoms with van der Waals surface area (Å²) in [6.45, 7) is 4.88. The van der Waals surface area contributed by atoms with E-state index in [1.54, 1.807) is 0 Å². The number of H-pyrrole nitrogens is 1. The Bertz CT molecular complexity index is 938. The van der Waals surface area contributed by atoms with Gasteiger partial charge in [0.2, 0.25) is 0 Å². The Morgan fingerprint density at radius 2 is 1.78 bits per heavy atom. The van der Waals surface area contributed by atoms with Crippen LogP contribution in [0.25, 0.3) is 10.9 Å². The molecule has 1 N–H and O–H groups in total. The van der Waals surface area contributed by atoms with Gasteiger partial charge >= 0.3 is 0 Å². The summed E-state index contributed by atoms with van der Waals surface area (Å²) in [4.78, 5) is 8.93. The van der Waals surface area contributed by atoms with Crippen LogP contribution in [0.4, 0.5) is 0 Å². The fourth-order valence-electron chi connectivity index (χ4n) is 6.15. The number of rotatable bonds is 3. The number of aromatic nitrogens is 1. The second-order valence-electron chi connectivity index (χ2n) is 8.70. The molecule has 4 aliphatic heterocycles. The molecule has 3 nitrogen and oxygen atoms in total. The zero-order chi connectivity index (χ0) is 17.8. The van der Waals surface area contributed by atoms with Crippen LogP contribution in [-0.2, 0) is 6.54 Å². The van der Waals surface area contributed by atoms with Crippen molar-refractivity contribution in [2.24, 2.45) is 5.92 Å². The Hall–Kier alpha value is -2.10. The van der Waals surface area contributed by atoms with Crippen molar-refractivity contribution in [3.8, 4) is 0 Å².